The van der Waals surface area contributed by atoms with Crippen molar-refractivity contribution < 1.29 is 44.3 Å². The lowest BCUT2D eigenvalue weighted by Gasteiger charge is -2.34. The first kappa shape index (κ1) is 23.5. The number of ether oxygens (including phenoxy) is 1. The van der Waals surface area contributed by atoms with Gasteiger partial charge in [-0.05, 0) is 36.4 Å². The number of sulfonamides is 1. The highest BCUT2D eigenvalue weighted by molar-refractivity contribution is 7.89. The number of halogens is 6. The molecule has 1 atom stereocenters. The number of alkyl halides is 6. The molecule has 0 saturated carbocycles. The molecule has 0 aromatic heterocycles. The minimum Gasteiger partial charge on any atom is -0.466 e. The zero-order chi connectivity index (χ0) is 22.8. The average Bonchev–Trinajstić information content (AvgIpc) is 2.66. The van der Waals surface area contributed by atoms with Crippen LogP contribution in [0, 0.1) is 0 Å². The van der Waals surface area contributed by atoms with Crippen LogP contribution in [-0.2, 0) is 25.7 Å². The molecular weight excluding hydrogens is 442 g/mol. The van der Waals surface area contributed by atoms with E-state index in [1.165, 1.54) is 22.9 Å². The van der Waals surface area contributed by atoms with Crippen LogP contribution >= 0.6 is 0 Å². The van der Waals surface area contributed by atoms with Crippen LogP contribution in [0.4, 0.5) is 32.0 Å². The van der Waals surface area contributed by atoms with Gasteiger partial charge in [0.05, 0.1) is 17.6 Å². The summed E-state index contributed by atoms with van der Waals surface area (Å²) in [6.07, 6.45) is -10.3. The van der Waals surface area contributed by atoms with Gasteiger partial charge in [0.15, 0.2) is 0 Å². The van der Waals surface area contributed by atoms with Crippen LogP contribution in [0.1, 0.15) is 5.56 Å². The highest BCUT2D eigenvalue weighted by atomic mass is 32.2. The van der Waals surface area contributed by atoms with E-state index in [0.29, 0.717) is 31.4 Å². The summed E-state index contributed by atoms with van der Waals surface area (Å²) in [5.41, 5.74) is -5.80. The van der Waals surface area contributed by atoms with E-state index < -0.39 is 50.2 Å². The average molecular weight is 456 g/mol. The van der Waals surface area contributed by atoms with E-state index in [1.54, 1.807) is 5.32 Å². The van der Waals surface area contributed by atoms with Gasteiger partial charge in [0, 0.05) is 5.69 Å². The van der Waals surface area contributed by atoms with E-state index >= 15 is 0 Å². The predicted molar refractivity (Wildman–Crippen MR) is 92.6 cm³/mol. The molecule has 0 aliphatic heterocycles. The first-order valence-corrected chi connectivity index (χ1v) is 9.41. The summed E-state index contributed by atoms with van der Waals surface area (Å²) >= 11 is 0. The summed E-state index contributed by atoms with van der Waals surface area (Å²) in [7, 11) is -4.33. The van der Waals surface area contributed by atoms with Crippen molar-refractivity contribution in [1.82, 2.24) is 4.72 Å². The largest absolute Gasteiger partial charge is 0.466 e. The van der Waals surface area contributed by atoms with Gasteiger partial charge in [0.2, 0.25) is 10.0 Å². The zero-order valence-corrected chi connectivity index (χ0v) is 15.8. The molecule has 1 unspecified atom stereocenters. The van der Waals surface area contributed by atoms with Crippen molar-refractivity contribution in [1.29, 1.82) is 0 Å². The number of benzene rings is 2. The first-order valence-electron chi connectivity index (χ1n) is 7.92. The maximum atomic E-state index is 13.9. The molecule has 0 saturated heterocycles. The van der Waals surface area contributed by atoms with E-state index in [4.69, 9.17) is 0 Å². The molecule has 0 radical (unpaired) electrons. The Balaban J connectivity index is 2.55. The molecule has 0 amide bonds. The maximum absolute atomic E-state index is 13.9. The normalized spacial score (nSPS) is 14.6. The number of methoxy groups -OCH3 is 1. The minimum absolute atomic E-state index is 0.465. The third kappa shape index (κ3) is 4.84. The molecule has 30 heavy (non-hydrogen) atoms. The van der Waals surface area contributed by atoms with Gasteiger partial charge in [-0.15, -0.1) is 0 Å². The summed E-state index contributed by atoms with van der Waals surface area (Å²) in [4.78, 5) is 11.5. The van der Waals surface area contributed by atoms with Gasteiger partial charge in [0.1, 0.15) is 0 Å². The Kier molecular flexibility index (Phi) is 6.37. The number of carbonyl (C=O) groups excluding carboxylic acids is 1. The number of anilines is 1. The lowest BCUT2D eigenvalue weighted by molar-refractivity contribution is -0.201. The molecule has 0 aliphatic rings. The number of nitrogens with one attached hydrogen (secondary N) is 2. The lowest BCUT2D eigenvalue weighted by Crippen LogP contribution is -2.69. The molecule has 0 heterocycles. The van der Waals surface area contributed by atoms with Gasteiger partial charge in [-0.25, -0.2) is 13.2 Å². The van der Waals surface area contributed by atoms with Gasteiger partial charge in [-0.2, -0.15) is 31.1 Å². The third-order valence-electron chi connectivity index (χ3n) is 3.80. The smallest absolute Gasteiger partial charge is 0.437 e. The highest BCUT2D eigenvalue weighted by Gasteiger charge is 2.64. The number of rotatable bonds is 6. The maximum Gasteiger partial charge on any atom is 0.437 e. The van der Waals surface area contributed by atoms with Crippen LogP contribution in [0.15, 0.2) is 59.5 Å². The van der Waals surface area contributed by atoms with Crippen molar-refractivity contribution in [3.05, 3.63) is 60.2 Å². The highest BCUT2D eigenvalue weighted by Crippen LogP contribution is 2.35. The second-order valence-electron chi connectivity index (χ2n) is 5.86. The fourth-order valence-electron chi connectivity index (χ4n) is 2.33. The topological polar surface area (TPSA) is 84.5 Å². The van der Waals surface area contributed by atoms with Crippen molar-refractivity contribution in [2.45, 2.75) is 22.9 Å². The lowest BCUT2D eigenvalue weighted by atomic mass is 10.1. The second-order valence-corrected chi connectivity index (χ2v) is 7.54. The van der Waals surface area contributed by atoms with E-state index in [2.05, 4.69) is 4.74 Å². The Bertz CT molecular complexity index is 992. The van der Waals surface area contributed by atoms with Crippen molar-refractivity contribution in [2.24, 2.45) is 0 Å². The predicted octanol–water partition coefficient (Wildman–Crippen LogP) is 3.53. The van der Waals surface area contributed by atoms with Crippen LogP contribution in [-0.4, -0.2) is 33.3 Å². The van der Waals surface area contributed by atoms with Gasteiger partial charge in [-0.1, -0.05) is 18.2 Å². The summed E-state index contributed by atoms with van der Waals surface area (Å²) in [5.74, 6) is -2.07. The summed E-state index contributed by atoms with van der Waals surface area (Å²) in [6, 6.07) is 8.02. The molecule has 164 valence electrons. The second kappa shape index (κ2) is 8.14. The molecule has 0 spiro atoms. The molecule has 2 rings (SSSR count). The number of hydrogen-bond acceptors (Lipinski definition) is 5. The Labute approximate surface area is 166 Å². The SMILES string of the molecule is COC(=O)C(Nc1ccc(C(F)(F)F)cc1)(NS(=O)(=O)c1ccccc1)C(F)(F)F. The van der Waals surface area contributed by atoms with Crippen molar-refractivity contribution in [2.75, 3.05) is 12.4 Å². The molecule has 2 aromatic rings. The van der Waals surface area contributed by atoms with Gasteiger partial charge in [0.25, 0.3) is 5.66 Å². The van der Waals surface area contributed by atoms with E-state index in [9.17, 15) is 39.6 Å². The van der Waals surface area contributed by atoms with E-state index in [1.807, 2.05) is 0 Å². The van der Waals surface area contributed by atoms with Crippen molar-refractivity contribution in [3.63, 3.8) is 0 Å². The number of esters is 1. The fourth-order valence-corrected chi connectivity index (χ4v) is 3.62. The number of hydrogen-bond donors (Lipinski definition) is 2. The molecule has 2 N–H and O–H groups in total. The Morgan fingerprint density at radius 1 is 0.900 bits per heavy atom. The molecular formula is C17H14F6N2O4S. The minimum atomic E-state index is -5.59. The molecule has 0 fully saturated rings. The molecule has 13 heteroatoms. The zero-order valence-electron chi connectivity index (χ0n) is 15.0. The van der Waals surface area contributed by atoms with Gasteiger partial charge < -0.3 is 10.1 Å². The molecule has 2 aromatic carbocycles. The van der Waals surface area contributed by atoms with Crippen LogP contribution in [0.3, 0.4) is 0 Å². The Hall–Kier alpha value is -2.80. The van der Waals surface area contributed by atoms with Crippen molar-refractivity contribution >= 4 is 21.7 Å². The third-order valence-corrected chi connectivity index (χ3v) is 5.27. The van der Waals surface area contributed by atoms with E-state index in [0.717, 1.165) is 12.1 Å². The summed E-state index contributed by atoms with van der Waals surface area (Å²) in [6.45, 7) is 0. The fraction of sp³-hybridized carbons (Fsp3) is 0.235. The molecule has 0 aliphatic carbocycles. The van der Waals surface area contributed by atoms with E-state index in [-0.39, 0.29) is 0 Å². The van der Waals surface area contributed by atoms with Crippen LogP contribution in [0.5, 0.6) is 0 Å². The Morgan fingerprint density at radius 2 is 1.43 bits per heavy atom. The standard InChI is InChI=1S/C17H14F6N2O4S/c1-29-14(26)15(17(21,22)23,25-30(27,28)13-5-3-2-4-6-13)24-12-9-7-11(8-10-12)16(18,19)20/h2-10,24-25H,1H3. The van der Waals surface area contributed by atoms with Crippen LogP contribution in [0.25, 0.3) is 0 Å². The molecule has 6 nitrogen and oxygen atoms in total. The van der Waals surface area contributed by atoms with Crippen LogP contribution < -0.4 is 10.0 Å². The molecule has 0 bridgehead atoms. The summed E-state index contributed by atoms with van der Waals surface area (Å²) < 4.78 is 110. The quantitative estimate of drug-likeness (QED) is 0.395. The number of carbonyl (C=O) groups is 1. The van der Waals surface area contributed by atoms with Gasteiger partial charge >= 0.3 is 18.3 Å². The summed E-state index contributed by atoms with van der Waals surface area (Å²) in [5, 5.41) is 1.63. The monoisotopic (exact) mass is 456 g/mol. The Morgan fingerprint density at radius 3 is 1.87 bits per heavy atom. The van der Waals surface area contributed by atoms with Gasteiger partial charge in [-0.3, -0.25) is 0 Å². The van der Waals surface area contributed by atoms with Crippen molar-refractivity contribution in [3.8, 4) is 0 Å². The van der Waals surface area contributed by atoms with Crippen LogP contribution in [0.2, 0.25) is 0 Å². The first-order chi connectivity index (χ1) is 13.7.